The molecule has 1 aliphatic heterocycles. The molecule has 1 nitrogen and oxygen atoms in total. The smallest absolute Gasteiger partial charge is 0.0468 e. The van der Waals surface area contributed by atoms with Crippen LogP contribution in [0.4, 0.5) is 0 Å². The number of nitrogens with zero attached hydrogens (tertiary/aromatic N) is 1. The fourth-order valence-electron chi connectivity index (χ4n) is 2.19. The SMILES string of the molecule is C#C.CN1CCc2cc(Cl)cc(Cl)c2C1.ClSc1ccccc1. The van der Waals surface area contributed by atoms with E-state index in [0.717, 1.165) is 34.5 Å². The molecule has 1 heterocycles. The van der Waals surface area contributed by atoms with E-state index in [9.17, 15) is 0 Å². The quantitative estimate of drug-likeness (QED) is 0.540. The maximum atomic E-state index is 6.10. The zero-order valence-electron chi connectivity index (χ0n) is 12.8. The third-order valence-corrected chi connectivity index (χ3v) is 4.82. The van der Waals surface area contributed by atoms with Crippen molar-refractivity contribution in [1.82, 2.24) is 4.90 Å². The standard InChI is InChI=1S/C10H11Cl2N.C6H5ClS.C2H2/c1-13-3-2-7-4-8(11)5-10(12)9(7)6-13;7-8-6-4-2-1-3-5-6;1-2/h4-5H,2-3,6H2,1H3;1-5H;1-2H. The van der Waals surface area contributed by atoms with Gasteiger partial charge in [-0.25, -0.2) is 0 Å². The van der Waals surface area contributed by atoms with Gasteiger partial charge in [0.1, 0.15) is 0 Å². The molecule has 0 saturated heterocycles. The third-order valence-electron chi connectivity index (χ3n) is 3.28. The van der Waals surface area contributed by atoms with Crippen LogP contribution in [0.2, 0.25) is 10.0 Å². The van der Waals surface area contributed by atoms with Crippen molar-refractivity contribution in [2.24, 2.45) is 0 Å². The highest BCUT2D eigenvalue weighted by molar-refractivity contribution is 8.21. The number of benzene rings is 2. The van der Waals surface area contributed by atoms with Crippen LogP contribution in [-0.2, 0) is 13.0 Å². The summed E-state index contributed by atoms with van der Waals surface area (Å²) in [5, 5.41) is 1.54. The molecule has 2 aromatic carbocycles. The molecular formula is C18H18Cl3NS. The lowest BCUT2D eigenvalue weighted by Gasteiger charge is -2.25. The molecule has 0 bridgehead atoms. The first-order chi connectivity index (χ1) is 11.1. The molecular weight excluding hydrogens is 369 g/mol. The number of rotatable bonds is 1. The van der Waals surface area contributed by atoms with E-state index in [1.165, 1.54) is 22.1 Å². The van der Waals surface area contributed by atoms with Crippen molar-refractivity contribution in [2.45, 2.75) is 17.9 Å². The average molecular weight is 387 g/mol. The van der Waals surface area contributed by atoms with Crippen LogP contribution in [0.25, 0.3) is 0 Å². The molecule has 2 aromatic rings. The molecule has 0 unspecified atom stereocenters. The van der Waals surface area contributed by atoms with Gasteiger partial charge in [0.05, 0.1) is 0 Å². The summed E-state index contributed by atoms with van der Waals surface area (Å²) in [7, 11) is 8.79. The Morgan fingerprint density at radius 3 is 2.30 bits per heavy atom. The Balaban J connectivity index is 0.000000228. The Labute approximate surface area is 157 Å². The van der Waals surface area contributed by atoms with Gasteiger partial charge in [-0.05, 0) is 70.5 Å². The molecule has 0 aliphatic carbocycles. The first-order valence-electron chi connectivity index (χ1n) is 6.92. The van der Waals surface area contributed by atoms with Gasteiger partial charge in [0, 0.05) is 28.0 Å². The second kappa shape index (κ2) is 10.9. The summed E-state index contributed by atoms with van der Waals surface area (Å²) in [5.41, 5.74) is 2.54. The molecule has 5 heteroatoms. The fraction of sp³-hybridized carbons (Fsp3) is 0.222. The first kappa shape index (κ1) is 20.2. The molecule has 0 amide bonds. The van der Waals surface area contributed by atoms with Crippen LogP contribution in [-0.4, -0.2) is 18.5 Å². The number of hydrogen-bond acceptors (Lipinski definition) is 2. The third kappa shape index (κ3) is 6.67. The number of fused-ring (bicyclic) bond motifs is 1. The van der Waals surface area contributed by atoms with E-state index >= 15 is 0 Å². The second-order valence-electron chi connectivity index (χ2n) is 4.90. The lowest BCUT2D eigenvalue weighted by atomic mass is 10.0. The zero-order valence-corrected chi connectivity index (χ0v) is 15.9. The van der Waals surface area contributed by atoms with Crippen LogP contribution in [0.5, 0.6) is 0 Å². The summed E-state index contributed by atoms with van der Waals surface area (Å²) in [4.78, 5) is 3.36. The van der Waals surface area contributed by atoms with Crippen LogP contribution in [0.15, 0.2) is 47.4 Å². The molecule has 3 rings (SSSR count). The van der Waals surface area contributed by atoms with Gasteiger partial charge in [-0.1, -0.05) is 41.4 Å². The van der Waals surface area contributed by atoms with Gasteiger partial charge in [-0.3, -0.25) is 0 Å². The molecule has 0 radical (unpaired) electrons. The number of likely N-dealkylation sites (N-methyl/N-ethyl adjacent to an activating group) is 1. The normalized spacial score (nSPS) is 13.0. The maximum absolute atomic E-state index is 6.10. The van der Waals surface area contributed by atoms with Crippen LogP contribution in [0, 0.1) is 12.8 Å². The Morgan fingerprint density at radius 1 is 1.09 bits per heavy atom. The number of halogens is 3. The fourth-order valence-corrected chi connectivity index (χ4v) is 3.35. The molecule has 122 valence electrons. The van der Waals surface area contributed by atoms with Gasteiger partial charge in [0.25, 0.3) is 0 Å². The zero-order chi connectivity index (χ0) is 17.2. The van der Waals surface area contributed by atoms with Crippen molar-refractivity contribution >= 4 is 44.9 Å². The molecule has 0 N–H and O–H groups in total. The van der Waals surface area contributed by atoms with Crippen molar-refractivity contribution in [1.29, 1.82) is 0 Å². The Hall–Kier alpha value is -0.820. The van der Waals surface area contributed by atoms with Gasteiger partial charge in [-0.15, -0.1) is 12.8 Å². The summed E-state index contributed by atoms with van der Waals surface area (Å²) in [6.45, 7) is 2.02. The molecule has 0 fully saturated rings. The largest absolute Gasteiger partial charge is 0.302 e. The van der Waals surface area contributed by atoms with E-state index in [4.69, 9.17) is 33.9 Å². The molecule has 1 aliphatic rings. The highest BCUT2D eigenvalue weighted by Gasteiger charge is 2.16. The minimum Gasteiger partial charge on any atom is -0.302 e. The summed E-state index contributed by atoms with van der Waals surface area (Å²) in [6.07, 6.45) is 9.05. The van der Waals surface area contributed by atoms with Crippen molar-refractivity contribution in [2.75, 3.05) is 13.6 Å². The van der Waals surface area contributed by atoms with Crippen molar-refractivity contribution in [3.05, 3.63) is 63.6 Å². The summed E-state index contributed by atoms with van der Waals surface area (Å²) < 4.78 is 0. The minimum atomic E-state index is 0.744. The van der Waals surface area contributed by atoms with Crippen molar-refractivity contribution in [3.8, 4) is 12.8 Å². The number of hydrogen-bond donors (Lipinski definition) is 0. The minimum absolute atomic E-state index is 0.744. The van der Waals surface area contributed by atoms with E-state index < -0.39 is 0 Å². The molecule has 0 aromatic heterocycles. The topological polar surface area (TPSA) is 3.24 Å². The van der Waals surface area contributed by atoms with E-state index in [1.54, 1.807) is 0 Å². The van der Waals surface area contributed by atoms with E-state index in [1.807, 2.05) is 42.5 Å². The van der Waals surface area contributed by atoms with E-state index in [2.05, 4.69) is 24.8 Å². The van der Waals surface area contributed by atoms with Crippen molar-refractivity contribution in [3.63, 3.8) is 0 Å². The van der Waals surface area contributed by atoms with Crippen LogP contribution in [0.3, 0.4) is 0 Å². The molecule has 0 saturated carbocycles. The van der Waals surface area contributed by atoms with Crippen LogP contribution < -0.4 is 0 Å². The average Bonchev–Trinajstić information content (AvgIpc) is 2.59. The van der Waals surface area contributed by atoms with Crippen molar-refractivity contribution < 1.29 is 0 Å². The van der Waals surface area contributed by atoms with E-state index in [0.29, 0.717) is 0 Å². The highest BCUT2D eigenvalue weighted by atomic mass is 35.7. The van der Waals surface area contributed by atoms with Gasteiger partial charge in [-0.2, -0.15) is 0 Å². The predicted octanol–water partition coefficient (Wildman–Crippen LogP) is 6.16. The monoisotopic (exact) mass is 385 g/mol. The molecule has 0 spiro atoms. The van der Waals surface area contributed by atoms with E-state index in [-0.39, 0.29) is 0 Å². The molecule has 0 atom stereocenters. The summed E-state index contributed by atoms with van der Waals surface area (Å²) in [6, 6.07) is 13.7. The predicted molar refractivity (Wildman–Crippen MR) is 105 cm³/mol. The van der Waals surface area contributed by atoms with Gasteiger partial charge in [0.15, 0.2) is 0 Å². The van der Waals surface area contributed by atoms with Crippen LogP contribution >= 0.6 is 44.9 Å². The lowest BCUT2D eigenvalue weighted by molar-refractivity contribution is 0.313. The number of terminal acetylenes is 1. The molecule has 23 heavy (non-hydrogen) atoms. The summed E-state index contributed by atoms with van der Waals surface area (Å²) >= 11 is 12.0. The van der Waals surface area contributed by atoms with Gasteiger partial charge >= 0.3 is 0 Å². The van der Waals surface area contributed by atoms with Gasteiger partial charge in [0.2, 0.25) is 0 Å². The lowest BCUT2D eigenvalue weighted by Crippen LogP contribution is -2.26. The Kier molecular flexibility index (Phi) is 9.55. The maximum Gasteiger partial charge on any atom is 0.0468 e. The Morgan fingerprint density at radius 2 is 1.74 bits per heavy atom. The van der Waals surface area contributed by atoms with Gasteiger partial charge < -0.3 is 4.90 Å². The Bertz CT molecular complexity index is 629. The highest BCUT2D eigenvalue weighted by Crippen LogP contribution is 2.29. The summed E-state index contributed by atoms with van der Waals surface area (Å²) in [5.74, 6) is 0. The second-order valence-corrected chi connectivity index (χ2v) is 6.84. The first-order valence-corrected chi connectivity index (χ1v) is 9.32. The van der Waals surface area contributed by atoms with Crippen LogP contribution in [0.1, 0.15) is 11.1 Å².